The highest BCUT2D eigenvalue weighted by molar-refractivity contribution is 6.03. The quantitative estimate of drug-likeness (QED) is 0.439. The standard InChI is InChI=1S/C20H19F2N3O3.ClH/c1-27-10-8-24-20(23)25-19(26)12-5-6-17-14(11-12)13(7-9-28-17)18-15(21)3-2-4-16(18)22;/h2-7,11H,8-10H2,1H3,(H3,23,24,25,26);1H. The van der Waals surface area contributed by atoms with Crippen molar-refractivity contribution >= 4 is 29.8 Å². The van der Waals surface area contributed by atoms with Gasteiger partial charge >= 0.3 is 0 Å². The van der Waals surface area contributed by atoms with Crippen LogP contribution >= 0.6 is 12.4 Å². The van der Waals surface area contributed by atoms with Crippen molar-refractivity contribution in [1.82, 2.24) is 5.32 Å². The van der Waals surface area contributed by atoms with E-state index < -0.39 is 17.5 Å². The first-order valence-electron chi connectivity index (χ1n) is 8.54. The first kappa shape index (κ1) is 22.3. The Morgan fingerprint density at radius 1 is 1.28 bits per heavy atom. The van der Waals surface area contributed by atoms with Crippen LogP contribution in [-0.2, 0) is 4.74 Å². The summed E-state index contributed by atoms with van der Waals surface area (Å²) in [6.45, 7) is 0.970. The van der Waals surface area contributed by atoms with Crippen LogP contribution in [0.2, 0.25) is 0 Å². The minimum Gasteiger partial charge on any atom is -0.489 e. The highest BCUT2D eigenvalue weighted by Crippen LogP contribution is 2.37. The number of hydrogen-bond donors (Lipinski definition) is 2. The van der Waals surface area contributed by atoms with Crippen molar-refractivity contribution in [3.8, 4) is 5.75 Å². The van der Waals surface area contributed by atoms with Crippen molar-refractivity contribution in [2.45, 2.75) is 0 Å². The first-order valence-corrected chi connectivity index (χ1v) is 8.54. The average molecular weight is 424 g/mol. The minimum atomic E-state index is -0.694. The third-order valence-electron chi connectivity index (χ3n) is 4.11. The molecule has 1 heterocycles. The predicted molar refractivity (Wildman–Crippen MR) is 108 cm³/mol. The summed E-state index contributed by atoms with van der Waals surface area (Å²) in [6.07, 6.45) is 1.57. The third-order valence-corrected chi connectivity index (χ3v) is 4.11. The van der Waals surface area contributed by atoms with Crippen molar-refractivity contribution in [3.63, 3.8) is 0 Å². The van der Waals surface area contributed by atoms with E-state index in [2.05, 4.69) is 10.3 Å². The maximum Gasteiger partial charge on any atom is 0.280 e. The van der Waals surface area contributed by atoms with E-state index in [0.29, 0.717) is 30.0 Å². The van der Waals surface area contributed by atoms with Crippen molar-refractivity contribution in [2.75, 3.05) is 26.9 Å². The number of ether oxygens (including phenoxy) is 2. The number of nitrogens with one attached hydrogen (secondary N) is 1. The van der Waals surface area contributed by atoms with Gasteiger partial charge in [-0.3, -0.25) is 4.79 Å². The van der Waals surface area contributed by atoms with Crippen molar-refractivity contribution in [2.24, 2.45) is 10.7 Å². The molecule has 9 heteroatoms. The molecule has 0 aliphatic carbocycles. The molecule has 3 rings (SSSR count). The van der Waals surface area contributed by atoms with Gasteiger partial charge in [-0.25, -0.2) is 8.78 Å². The van der Waals surface area contributed by atoms with Crippen LogP contribution in [0.25, 0.3) is 5.57 Å². The Morgan fingerprint density at radius 3 is 2.69 bits per heavy atom. The Bertz CT molecular complexity index is 944. The summed E-state index contributed by atoms with van der Waals surface area (Å²) in [7, 11) is 1.54. The Morgan fingerprint density at radius 2 is 2.00 bits per heavy atom. The molecule has 2 aromatic carbocycles. The summed E-state index contributed by atoms with van der Waals surface area (Å²) in [4.78, 5) is 16.2. The van der Waals surface area contributed by atoms with E-state index in [0.717, 1.165) is 0 Å². The fourth-order valence-corrected chi connectivity index (χ4v) is 2.81. The topological polar surface area (TPSA) is 85.9 Å². The van der Waals surface area contributed by atoms with Gasteiger partial charge in [0.2, 0.25) is 0 Å². The lowest BCUT2D eigenvalue weighted by molar-refractivity contribution is 0.100. The molecular weight excluding hydrogens is 404 g/mol. The van der Waals surface area contributed by atoms with Crippen molar-refractivity contribution in [3.05, 3.63) is 70.8 Å². The van der Waals surface area contributed by atoms with E-state index in [4.69, 9.17) is 15.2 Å². The van der Waals surface area contributed by atoms with Crippen molar-refractivity contribution in [1.29, 1.82) is 0 Å². The molecule has 0 radical (unpaired) electrons. The number of hydrogen-bond acceptors (Lipinski definition) is 3. The summed E-state index contributed by atoms with van der Waals surface area (Å²) >= 11 is 0. The number of benzene rings is 2. The van der Waals surface area contributed by atoms with Crippen molar-refractivity contribution < 1.29 is 23.0 Å². The van der Waals surface area contributed by atoms with Crippen LogP contribution in [-0.4, -0.2) is 38.7 Å². The lowest BCUT2D eigenvalue weighted by Gasteiger charge is -2.20. The molecule has 0 fully saturated rings. The molecule has 2 aromatic rings. The molecule has 6 nitrogen and oxygen atoms in total. The molecule has 0 aromatic heterocycles. The predicted octanol–water partition coefficient (Wildman–Crippen LogP) is 2.90. The lowest BCUT2D eigenvalue weighted by atomic mass is 9.93. The second-order valence-electron chi connectivity index (χ2n) is 5.96. The third kappa shape index (κ3) is 5.10. The van der Waals surface area contributed by atoms with Gasteiger partial charge in [0.15, 0.2) is 5.96 Å². The summed E-state index contributed by atoms with van der Waals surface area (Å²) < 4.78 is 38.9. The highest BCUT2D eigenvalue weighted by atomic mass is 35.5. The van der Waals surface area contributed by atoms with E-state index in [9.17, 15) is 13.6 Å². The number of halogens is 3. The zero-order valence-corrected chi connectivity index (χ0v) is 16.4. The van der Waals surface area contributed by atoms with E-state index >= 15 is 0 Å². The molecule has 3 N–H and O–H groups in total. The second-order valence-corrected chi connectivity index (χ2v) is 5.96. The van der Waals surface area contributed by atoms with Gasteiger partial charge < -0.3 is 20.5 Å². The maximum absolute atomic E-state index is 14.3. The van der Waals surface area contributed by atoms with E-state index in [1.807, 2.05) is 0 Å². The number of methoxy groups -OCH3 is 1. The molecule has 0 saturated heterocycles. The number of nitrogens with two attached hydrogens (primary N) is 1. The molecule has 1 aliphatic heterocycles. The molecule has 0 unspecified atom stereocenters. The number of amides is 1. The molecule has 154 valence electrons. The van der Waals surface area contributed by atoms with E-state index in [1.54, 1.807) is 19.3 Å². The number of guanidine groups is 1. The normalized spacial score (nSPS) is 12.9. The molecule has 29 heavy (non-hydrogen) atoms. The molecular formula is C20H20ClF2N3O3. The van der Waals surface area contributed by atoms with Gasteiger partial charge in [-0.2, -0.15) is 4.99 Å². The van der Waals surface area contributed by atoms with Gasteiger partial charge in [0.25, 0.3) is 5.91 Å². The van der Waals surface area contributed by atoms with Crippen LogP contribution in [0.5, 0.6) is 5.75 Å². The van der Waals surface area contributed by atoms with Gasteiger partial charge in [-0.1, -0.05) is 6.07 Å². The van der Waals surface area contributed by atoms with E-state index in [-0.39, 0.29) is 36.1 Å². The van der Waals surface area contributed by atoms with Crippen LogP contribution in [0.15, 0.2) is 47.5 Å². The van der Waals surface area contributed by atoms with Crippen LogP contribution in [0.3, 0.4) is 0 Å². The second kappa shape index (κ2) is 9.99. The molecule has 1 amide bonds. The largest absolute Gasteiger partial charge is 0.489 e. The van der Waals surface area contributed by atoms with Gasteiger partial charge in [-0.05, 0) is 42.0 Å². The zero-order chi connectivity index (χ0) is 20.1. The summed E-state index contributed by atoms with van der Waals surface area (Å²) in [6, 6.07) is 8.23. The first-order chi connectivity index (χ1) is 13.5. The maximum atomic E-state index is 14.3. The Balaban J connectivity index is 0.00000300. The van der Waals surface area contributed by atoms with Crippen LogP contribution in [0.4, 0.5) is 8.78 Å². The molecule has 1 aliphatic rings. The average Bonchev–Trinajstić information content (AvgIpc) is 2.68. The molecule has 0 bridgehead atoms. The van der Waals surface area contributed by atoms with Gasteiger partial charge in [0, 0.05) is 24.8 Å². The number of carbonyl (C=O) groups excluding carboxylic acids is 1. The number of nitrogens with zero attached hydrogens (tertiary/aromatic N) is 1. The summed E-state index contributed by atoms with van der Waals surface area (Å²) in [5, 5.41) is 2.74. The Hall–Kier alpha value is -2.97. The van der Waals surface area contributed by atoms with Gasteiger partial charge in [-0.15, -0.1) is 12.4 Å². The monoisotopic (exact) mass is 423 g/mol. The lowest BCUT2D eigenvalue weighted by Crippen LogP contribution is -2.34. The Kier molecular flexibility index (Phi) is 7.69. The van der Waals surface area contributed by atoms with Crippen LogP contribution in [0, 0.1) is 11.6 Å². The fraction of sp³-hybridized carbons (Fsp3) is 0.200. The molecule has 0 saturated carbocycles. The number of fused-ring (bicyclic) bond motifs is 1. The number of rotatable bonds is 5. The SMILES string of the molecule is COCCNC(N)=NC(=O)c1ccc2c(c1)C(c1c(F)cccc1F)=CCO2.Cl. The molecule has 0 atom stereocenters. The zero-order valence-electron chi connectivity index (χ0n) is 15.6. The smallest absolute Gasteiger partial charge is 0.280 e. The van der Waals surface area contributed by atoms with E-state index in [1.165, 1.54) is 30.3 Å². The summed E-state index contributed by atoms with van der Waals surface area (Å²) in [5.74, 6) is -1.61. The number of carbonyl (C=O) groups is 1. The van der Waals surface area contributed by atoms with Gasteiger partial charge in [0.1, 0.15) is 24.0 Å². The van der Waals surface area contributed by atoms with Gasteiger partial charge in [0.05, 0.1) is 12.2 Å². The Labute approximate surface area is 172 Å². The minimum absolute atomic E-state index is 0. The fourth-order valence-electron chi connectivity index (χ4n) is 2.81. The summed E-state index contributed by atoms with van der Waals surface area (Å²) in [5.41, 5.74) is 6.45. The van der Waals surface area contributed by atoms with Crippen LogP contribution in [0.1, 0.15) is 21.5 Å². The van der Waals surface area contributed by atoms with Crippen LogP contribution < -0.4 is 15.8 Å². The highest BCUT2D eigenvalue weighted by Gasteiger charge is 2.22. The molecule has 0 spiro atoms. The number of aliphatic imine (C=N–C) groups is 1.